The Morgan fingerprint density at radius 1 is 1.17 bits per heavy atom. The van der Waals surface area contributed by atoms with Gasteiger partial charge in [-0.2, -0.15) is 0 Å². The van der Waals surface area contributed by atoms with Crippen LogP contribution in [-0.2, 0) is 11.2 Å². The molecular formula is C17H18ClN3O2. The highest BCUT2D eigenvalue weighted by Crippen LogP contribution is 2.33. The lowest BCUT2D eigenvalue weighted by molar-refractivity contribution is -0.119. The Morgan fingerprint density at radius 3 is 2.65 bits per heavy atom. The number of benzene rings is 1. The first-order chi connectivity index (χ1) is 10.8. The molecule has 0 amide bonds. The Balaban J connectivity index is 0.00000156. The van der Waals surface area contributed by atoms with Crippen molar-refractivity contribution in [3.8, 4) is 0 Å². The minimum atomic E-state index is 0. The normalized spacial score (nSPS) is 15.2. The predicted molar refractivity (Wildman–Crippen MR) is 92.4 cm³/mol. The van der Waals surface area contributed by atoms with E-state index in [2.05, 4.69) is 14.9 Å². The molecule has 4 rings (SSSR count). The van der Waals surface area contributed by atoms with Gasteiger partial charge in [0.1, 0.15) is 22.7 Å². The van der Waals surface area contributed by atoms with Gasteiger partial charge < -0.3 is 9.32 Å². The number of hydrogen-bond acceptors (Lipinski definition) is 5. The minimum absolute atomic E-state index is 0. The molecule has 0 radical (unpaired) electrons. The second-order valence-electron chi connectivity index (χ2n) is 5.62. The van der Waals surface area contributed by atoms with E-state index in [-0.39, 0.29) is 12.4 Å². The molecule has 0 N–H and O–H groups in total. The van der Waals surface area contributed by atoms with Gasteiger partial charge in [0.05, 0.1) is 0 Å². The molecule has 0 saturated carbocycles. The van der Waals surface area contributed by atoms with Crippen molar-refractivity contribution in [2.24, 2.45) is 0 Å². The van der Waals surface area contributed by atoms with Crippen LogP contribution in [0, 0.1) is 0 Å². The smallest absolute Gasteiger partial charge is 0.196 e. The summed E-state index contributed by atoms with van der Waals surface area (Å²) in [6.07, 6.45) is 1.93. The maximum absolute atomic E-state index is 11.5. The number of ketones is 1. The predicted octanol–water partition coefficient (Wildman–Crippen LogP) is 3.53. The molecule has 1 aliphatic heterocycles. The number of furan rings is 1. The van der Waals surface area contributed by atoms with Gasteiger partial charge in [-0.3, -0.25) is 4.79 Å². The van der Waals surface area contributed by atoms with Gasteiger partial charge in [-0.15, -0.1) is 12.4 Å². The van der Waals surface area contributed by atoms with Crippen LogP contribution in [0.3, 0.4) is 0 Å². The third-order valence-corrected chi connectivity index (χ3v) is 4.19. The van der Waals surface area contributed by atoms with Gasteiger partial charge in [-0.25, -0.2) is 9.97 Å². The summed E-state index contributed by atoms with van der Waals surface area (Å²) in [5.41, 5.74) is 2.43. The van der Waals surface area contributed by atoms with E-state index in [1.807, 2.05) is 31.2 Å². The van der Waals surface area contributed by atoms with E-state index in [0.717, 1.165) is 40.1 Å². The Bertz CT molecular complexity index is 865. The van der Waals surface area contributed by atoms with Gasteiger partial charge in [-0.05, 0) is 12.1 Å². The molecule has 1 fully saturated rings. The zero-order valence-electron chi connectivity index (χ0n) is 12.9. The molecule has 120 valence electrons. The Morgan fingerprint density at radius 2 is 1.91 bits per heavy atom. The molecule has 1 aromatic carbocycles. The monoisotopic (exact) mass is 331 g/mol. The van der Waals surface area contributed by atoms with Gasteiger partial charge in [0.25, 0.3) is 0 Å². The lowest BCUT2D eigenvalue weighted by atomic mass is 10.1. The van der Waals surface area contributed by atoms with E-state index in [4.69, 9.17) is 4.42 Å². The van der Waals surface area contributed by atoms with Crippen molar-refractivity contribution in [3.63, 3.8) is 0 Å². The summed E-state index contributed by atoms with van der Waals surface area (Å²) in [6.45, 7) is 3.45. The number of para-hydroxylation sites is 1. The second-order valence-corrected chi connectivity index (χ2v) is 5.62. The molecule has 6 heteroatoms. The number of hydrogen-bond donors (Lipinski definition) is 0. The zero-order chi connectivity index (χ0) is 15.1. The fourth-order valence-corrected chi connectivity index (χ4v) is 2.96. The number of fused-ring (bicyclic) bond motifs is 3. The van der Waals surface area contributed by atoms with Crippen LogP contribution in [0.15, 0.2) is 28.7 Å². The molecular weight excluding hydrogens is 314 g/mol. The molecule has 3 aromatic rings. The third kappa shape index (κ3) is 2.65. The van der Waals surface area contributed by atoms with Crippen molar-refractivity contribution >= 4 is 46.1 Å². The Labute approximate surface area is 140 Å². The van der Waals surface area contributed by atoms with Crippen molar-refractivity contribution in [2.75, 3.05) is 18.0 Å². The maximum Gasteiger partial charge on any atom is 0.196 e. The topological polar surface area (TPSA) is 59.2 Å². The van der Waals surface area contributed by atoms with Gasteiger partial charge in [0.2, 0.25) is 0 Å². The Hall–Kier alpha value is -2.14. The van der Waals surface area contributed by atoms with Gasteiger partial charge in [-0.1, -0.05) is 19.1 Å². The number of aromatic nitrogens is 2. The summed E-state index contributed by atoms with van der Waals surface area (Å²) in [7, 11) is 0. The fourth-order valence-electron chi connectivity index (χ4n) is 2.96. The summed E-state index contributed by atoms with van der Waals surface area (Å²) in [5.74, 6) is 1.96. The maximum atomic E-state index is 11.5. The van der Waals surface area contributed by atoms with Crippen LogP contribution in [0.4, 0.5) is 5.82 Å². The summed E-state index contributed by atoms with van der Waals surface area (Å²) in [4.78, 5) is 23.0. The quantitative estimate of drug-likeness (QED) is 0.719. The molecule has 0 atom stereocenters. The molecule has 0 unspecified atom stereocenters. The number of carbonyl (C=O) groups excluding carboxylic acids is 1. The summed E-state index contributed by atoms with van der Waals surface area (Å²) < 4.78 is 6.01. The van der Waals surface area contributed by atoms with Gasteiger partial charge in [0, 0.05) is 37.7 Å². The summed E-state index contributed by atoms with van der Waals surface area (Å²) in [5, 5.41) is 1.02. The SMILES string of the molecule is CCc1nc(N2CCC(=O)CC2)c2oc3ccccc3c2n1.Cl. The largest absolute Gasteiger partial charge is 0.450 e. The molecule has 0 spiro atoms. The van der Waals surface area contributed by atoms with E-state index in [0.29, 0.717) is 31.7 Å². The van der Waals surface area contributed by atoms with E-state index >= 15 is 0 Å². The van der Waals surface area contributed by atoms with E-state index < -0.39 is 0 Å². The van der Waals surface area contributed by atoms with Crippen molar-refractivity contribution in [1.29, 1.82) is 0 Å². The van der Waals surface area contributed by atoms with Crippen molar-refractivity contribution < 1.29 is 9.21 Å². The highest BCUT2D eigenvalue weighted by Gasteiger charge is 2.23. The number of halogens is 1. The van der Waals surface area contributed by atoms with Crippen molar-refractivity contribution in [2.45, 2.75) is 26.2 Å². The average molecular weight is 332 g/mol. The van der Waals surface area contributed by atoms with Crippen LogP contribution in [0.1, 0.15) is 25.6 Å². The van der Waals surface area contributed by atoms with Crippen LogP contribution >= 0.6 is 12.4 Å². The number of nitrogens with zero attached hydrogens (tertiary/aromatic N) is 3. The fraction of sp³-hybridized carbons (Fsp3) is 0.353. The van der Waals surface area contributed by atoms with Gasteiger partial charge >= 0.3 is 0 Å². The third-order valence-electron chi connectivity index (χ3n) is 4.19. The minimum Gasteiger partial charge on any atom is -0.450 e. The van der Waals surface area contributed by atoms with Crippen LogP contribution in [0.25, 0.3) is 22.1 Å². The number of piperidine rings is 1. The van der Waals surface area contributed by atoms with E-state index in [1.54, 1.807) is 0 Å². The van der Waals surface area contributed by atoms with Crippen LogP contribution in [-0.4, -0.2) is 28.8 Å². The zero-order valence-corrected chi connectivity index (χ0v) is 13.7. The summed E-state index contributed by atoms with van der Waals surface area (Å²) >= 11 is 0. The first-order valence-corrected chi connectivity index (χ1v) is 7.71. The lowest BCUT2D eigenvalue weighted by Gasteiger charge is -2.27. The molecule has 2 aromatic heterocycles. The first-order valence-electron chi connectivity index (χ1n) is 7.71. The molecule has 5 nitrogen and oxygen atoms in total. The van der Waals surface area contributed by atoms with Crippen molar-refractivity contribution in [1.82, 2.24) is 9.97 Å². The highest BCUT2D eigenvalue weighted by atomic mass is 35.5. The number of Topliss-reactive ketones (excluding diaryl/α,β-unsaturated/α-hetero) is 1. The second kappa shape index (κ2) is 6.16. The van der Waals surface area contributed by atoms with E-state index in [9.17, 15) is 4.79 Å². The summed E-state index contributed by atoms with van der Waals surface area (Å²) in [6, 6.07) is 7.92. The number of carbonyl (C=O) groups is 1. The van der Waals surface area contributed by atoms with Crippen LogP contribution in [0.5, 0.6) is 0 Å². The number of rotatable bonds is 2. The van der Waals surface area contributed by atoms with E-state index in [1.165, 1.54) is 0 Å². The number of anilines is 1. The van der Waals surface area contributed by atoms with Gasteiger partial charge in [0.15, 0.2) is 11.4 Å². The first kappa shape index (κ1) is 15.7. The van der Waals surface area contributed by atoms with Crippen molar-refractivity contribution in [3.05, 3.63) is 30.1 Å². The molecule has 3 heterocycles. The molecule has 0 aliphatic carbocycles. The van der Waals surface area contributed by atoms with Crippen LogP contribution in [0.2, 0.25) is 0 Å². The van der Waals surface area contributed by atoms with Crippen LogP contribution < -0.4 is 4.90 Å². The Kier molecular flexibility index (Phi) is 4.22. The molecule has 23 heavy (non-hydrogen) atoms. The average Bonchev–Trinajstić information content (AvgIpc) is 2.93. The molecule has 1 saturated heterocycles. The molecule has 0 bridgehead atoms. The molecule has 1 aliphatic rings. The number of aryl methyl sites for hydroxylation is 1. The lowest BCUT2D eigenvalue weighted by Crippen LogP contribution is -2.34. The standard InChI is InChI=1S/C17H17N3O2.ClH/c1-2-14-18-15-12-5-3-4-6-13(12)22-16(15)17(19-14)20-9-7-11(21)8-10-20;/h3-6H,2,7-10H2,1H3;1H. The highest BCUT2D eigenvalue weighted by molar-refractivity contribution is 6.05.